The van der Waals surface area contributed by atoms with E-state index in [1.54, 1.807) is 61.7 Å². The normalized spacial score (nSPS) is 10.5. The van der Waals surface area contributed by atoms with Gasteiger partial charge in [-0.15, -0.1) is 0 Å². The van der Waals surface area contributed by atoms with Crippen LogP contribution >= 0.6 is 0 Å². The van der Waals surface area contributed by atoms with Gasteiger partial charge in [0.25, 0.3) is 5.91 Å². The minimum atomic E-state index is -0.473. The lowest BCUT2D eigenvalue weighted by molar-refractivity contribution is -0.112. The van der Waals surface area contributed by atoms with Gasteiger partial charge in [0.05, 0.1) is 7.11 Å². The van der Waals surface area contributed by atoms with Crippen molar-refractivity contribution in [2.24, 2.45) is 0 Å². The first-order valence-corrected chi connectivity index (χ1v) is 7.57. The van der Waals surface area contributed by atoms with E-state index in [1.807, 2.05) is 6.07 Å². The Hall–Kier alpha value is -3.52. The van der Waals surface area contributed by atoms with Crippen molar-refractivity contribution in [2.45, 2.75) is 0 Å². The summed E-state index contributed by atoms with van der Waals surface area (Å²) in [5, 5.41) is 11.9. The first kappa shape index (κ1) is 17.8. The van der Waals surface area contributed by atoms with E-state index in [0.29, 0.717) is 23.8 Å². The van der Waals surface area contributed by atoms with Crippen LogP contribution in [0.15, 0.2) is 66.8 Å². The Balaban J connectivity index is 2.08. The number of hydrogen-bond donors (Lipinski definition) is 1. The molecule has 0 aliphatic heterocycles. The Bertz CT molecular complexity index is 800. The number of carbonyl (C=O) groups excluding carboxylic acids is 1. The van der Waals surface area contributed by atoms with Crippen molar-refractivity contribution in [3.8, 4) is 17.6 Å². The highest BCUT2D eigenvalue weighted by Gasteiger charge is 2.09. The average molecular weight is 334 g/mol. The number of ether oxygens (including phenoxy) is 2. The van der Waals surface area contributed by atoms with Gasteiger partial charge >= 0.3 is 0 Å². The van der Waals surface area contributed by atoms with Crippen LogP contribution in [0.3, 0.4) is 0 Å². The minimum absolute atomic E-state index is 0.00979. The first-order valence-electron chi connectivity index (χ1n) is 7.57. The minimum Gasteiger partial charge on any atom is -0.497 e. The first-order chi connectivity index (χ1) is 12.2. The highest BCUT2D eigenvalue weighted by Crippen LogP contribution is 2.17. The topological polar surface area (TPSA) is 71.3 Å². The summed E-state index contributed by atoms with van der Waals surface area (Å²) in [5.74, 6) is 0.908. The van der Waals surface area contributed by atoms with Crippen LogP contribution in [0.5, 0.6) is 11.5 Å². The number of anilines is 1. The van der Waals surface area contributed by atoms with Gasteiger partial charge in [-0.1, -0.05) is 24.8 Å². The number of methoxy groups -OCH3 is 1. The lowest BCUT2D eigenvalue weighted by atomic mass is 10.1. The fourth-order valence-corrected chi connectivity index (χ4v) is 2.00. The number of benzene rings is 2. The van der Waals surface area contributed by atoms with Crippen molar-refractivity contribution in [1.82, 2.24) is 0 Å². The number of rotatable bonds is 7. The predicted molar refractivity (Wildman–Crippen MR) is 97.3 cm³/mol. The van der Waals surface area contributed by atoms with E-state index < -0.39 is 5.91 Å². The lowest BCUT2D eigenvalue weighted by Crippen LogP contribution is -2.13. The molecule has 0 aromatic heterocycles. The molecule has 2 aromatic carbocycles. The average Bonchev–Trinajstić information content (AvgIpc) is 2.65. The molecule has 2 rings (SSSR count). The van der Waals surface area contributed by atoms with Gasteiger partial charge in [-0.05, 0) is 48.0 Å². The molecule has 0 heterocycles. The molecule has 0 atom stereocenters. The molecule has 0 bridgehead atoms. The second kappa shape index (κ2) is 8.94. The van der Waals surface area contributed by atoms with E-state index in [9.17, 15) is 10.1 Å². The van der Waals surface area contributed by atoms with E-state index >= 15 is 0 Å². The lowest BCUT2D eigenvalue weighted by Gasteiger charge is -2.06. The zero-order valence-electron chi connectivity index (χ0n) is 13.9. The van der Waals surface area contributed by atoms with Gasteiger partial charge in [-0.25, -0.2) is 0 Å². The number of amides is 1. The van der Waals surface area contributed by atoms with Crippen molar-refractivity contribution in [3.63, 3.8) is 0 Å². The molecule has 0 spiro atoms. The smallest absolute Gasteiger partial charge is 0.266 e. The molecule has 0 aliphatic rings. The van der Waals surface area contributed by atoms with Gasteiger partial charge in [0.2, 0.25) is 0 Å². The Morgan fingerprint density at radius 3 is 2.36 bits per heavy atom. The van der Waals surface area contributed by atoms with Gasteiger partial charge in [-0.3, -0.25) is 4.79 Å². The SMILES string of the molecule is C=CCOc1ccc(/C=C(/C#N)C(=O)Nc2ccc(OC)cc2)cc1. The summed E-state index contributed by atoms with van der Waals surface area (Å²) in [6.07, 6.45) is 3.18. The Kier molecular flexibility index (Phi) is 6.38. The fraction of sp³-hybridized carbons (Fsp3) is 0.100. The van der Waals surface area contributed by atoms with Gasteiger partial charge in [0.15, 0.2) is 0 Å². The summed E-state index contributed by atoms with van der Waals surface area (Å²) in [6.45, 7) is 4.00. The van der Waals surface area contributed by atoms with E-state index in [4.69, 9.17) is 9.47 Å². The molecule has 1 amide bonds. The molecule has 0 radical (unpaired) electrons. The number of nitrogens with zero attached hydrogens (tertiary/aromatic N) is 1. The molecule has 126 valence electrons. The molecule has 2 aromatic rings. The van der Waals surface area contributed by atoms with Crippen molar-refractivity contribution < 1.29 is 14.3 Å². The molecule has 0 aliphatic carbocycles. The predicted octanol–water partition coefficient (Wildman–Crippen LogP) is 3.81. The van der Waals surface area contributed by atoms with E-state index in [1.165, 1.54) is 6.08 Å². The molecule has 1 N–H and O–H groups in total. The second-order valence-electron chi connectivity index (χ2n) is 5.02. The molecule has 0 saturated heterocycles. The van der Waals surface area contributed by atoms with E-state index in [0.717, 1.165) is 5.56 Å². The molecule has 0 saturated carbocycles. The maximum atomic E-state index is 12.2. The second-order valence-corrected chi connectivity index (χ2v) is 5.02. The summed E-state index contributed by atoms with van der Waals surface area (Å²) < 4.78 is 10.5. The monoisotopic (exact) mass is 334 g/mol. The Morgan fingerprint density at radius 2 is 1.80 bits per heavy atom. The van der Waals surface area contributed by atoms with E-state index in [2.05, 4.69) is 11.9 Å². The number of nitriles is 1. The number of nitrogens with one attached hydrogen (secondary N) is 1. The van der Waals surface area contributed by atoms with Gasteiger partial charge in [0, 0.05) is 5.69 Å². The Morgan fingerprint density at radius 1 is 1.16 bits per heavy atom. The van der Waals surface area contributed by atoms with Crippen molar-refractivity contribution in [3.05, 3.63) is 72.3 Å². The molecule has 0 fully saturated rings. The maximum Gasteiger partial charge on any atom is 0.266 e. The van der Waals surface area contributed by atoms with Gasteiger partial charge < -0.3 is 14.8 Å². The largest absolute Gasteiger partial charge is 0.497 e. The van der Waals surface area contributed by atoms with E-state index in [-0.39, 0.29) is 5.57 Å². The summed E-state index contributed by atoms with van der Waals surface area (Å²) in [4.78, 5) is 12.2. The van der Waals surface area contributed by atoms with Gasteiger partial charge in [0.1, 0.15) is 29.7 Å². The maximum absolute atomic E-state index is 12.2. The van der Waals surface area contributed by atoms with Crippen LogP contribution in [0.4, 0.5) is 5.69 Å². The number of hydrogen-bond acceptors (Lipinski definition) is 4. The van der Waals surface area contributed by atoms with Crippen LogP contribution in [0.2, 0.25) is 0 Å². The van der Waals surface area contributed by atoms with Crippen LogP contribution in [-0.4, -0.2) is 19.6 Å². The molecule has 5 nitrogen and oxygen atoms in total. The molecule has 0 unspecified atom stereocenters. The summed E-state index contributed by atoms with van der Waals surface area (Å²) in [5.41, 5.74) is 1.32. The summed E-state index contributed by atoms with van der Waals surface area (Å²) in [7, 11) is 1.57. The van der Waals surface area contributed by atoms with Crippen LogP contribution in [0.1, 0.15) is 5.56 Å². The summed E-state index contributed by atoms with van der Waals surface area (Å²) in [6, 6.07) is 15.9. The molecule has 5 heteroatoms. The fourth-order valence-electron chi connectivity index (χ4n) is 2.00. The van der Waals surface area contributed by atoms with Crippen LogP contribution < -0.4 is 14.8 Å². The van der Waals surface area contributed by atoms with Crippen LogP contribution in [-0.2, 0) is 4.79 Å². The highest BCUT2D eigenvalue weighted by molar-refractivity contribution is 6.09. The zero-order valence-corrected chi connectivity index (χ0v) is 13.9. The van der Waals surface area contributed by atoms with Crippen molar-refractivity contribution >= 4 is 17.7 Å². The zero-order chi connectivity index (χ0) is 18.1. The summed E-state index contributed by atoms with van der Waals surface area (Å²) >= 11 is 0. The number of carbonyl (C=O) groups is 1. The molecule has 25 heavy (non-hydrogen) atoms. The van der Waals surface area contributed by atoms with Crippen LogP contribution in [0.25, 0.3) is 6.08 Å². The third kappa shape index (κ3) is 5.26. The molecular weight excluding hydrogens is 316 g/mol. The van der Waals surface area contributed by atoms with Crippen LogP contribution in [0, 0.1) is 11.3 Å². The quantitative estimate of drug-likeness (QED) is 0.475. The van der Waals surface area contributed by atoms with Gasteiger partial charge in [-0.2, -0.15) is 5.26 Å². The van der Waals surface area contributed by atoms with Crippen molar-refractivity contribution in [1.29, 1.82) is 5.26 Å². The standard InChI is InChI=1S/C20H18N2O3/c1-3-12-25-19-8-4-15(5-9-19)13-16(14-21)20(23)22-17-6-10-18(24-2)11-7-17/h3-11,13H,1,12H2,2H3,(H,22,23)/b16-13-. The Labute approximate surface area is 146 Å². The third-order valence-electron chi connectivity index (χ3n) is 3.27. The van der Waals surface area contributed by atoms with Crippen molar-refractivity contribution in [2.75, 3.05) is 19.0 Å². The molecular formula is C20H18N2O3. The third-order valence-corrected chi connectivity index (χ3v) is 3.27. The highest BCUT2D eigenvalue weighted by atomic mass is 16.5.